The van der Waals surface area contributed by atoms with E-state index >= 15 is 0 Å². The van der Waals surface area contributed by atoms with E-state index in [0.717, 1.165) is 0 Å². The molecule has 4 nitrogen and oxygen atoms in total. The third-order valence-corrected chi connectivity index (χ3v) is 26.0. The van der Waals surface area contributed by atoms with Gasteiger partial charge in [-0.05, 0) is 103 Å². The van der Waals surface area contributed by atoms with Crippen molar-refractivity contribution < 1.29 is 16.5 Å². The lowest BCUT2D eigenvalue weighted by atomic mass is 10.4. The average Bonchev–Trinajstić information content (AvgIpc) is 2.75. The van der Waals surface area contributed by atoms with Crippen molar-refractivity contribution in [2.45, 2.75) is 156 Å². The Kier molecular flexibility index (Phi) is 40.6. The van der Waals surface area contributed by atoms with Crippen molar-refractivity contribution in [3.63, 3.8) is 0 Å². The van der Waals surface area contributed by atoms with Crippen LogP contribution in [0.15, 0.2) is 0 Å². The summed E-state index contributed by atoms with van der Waals surface area (Å²) in [6.07, 6.45) is 5.38. The van der Waals surface area contributed by atoms with Gasteiger partial charge in [0.2, 0.25) is 0 Å². The Bertz CT molecular complexity index is 372. The van der Waals surface area contributed by atoms with E-state index < -0.39 is 72.3 Å². The van der Waals surface area contributed by atoms with Gasteiger partial charge in [-0.25, -0.2) is 0 Å². The third kappa shape index (κ3) is 48.6. The minimum Gasteiger partial charge on any atom is -0.461 e. The molecule has 4 atom stereocenters. The normalized spacial score (nSPS) is 14.3. The lowest BCUT2D eigenvalue weighted by Gasteiger charge is -2.13. The van der Waals surface area contributed by atoms with Crippen LogP contribution in [0.5, 0.6) is 0 Å². The Morgan fingerprint density at radius 3 is 0.722 bits per heavy atom. The molecule has 0 aromatic heterocycles. The van der Waals surface area contributed by atoms with Crippen LogP contribution < -0.4 is 0 Å². The Balaban J connectivity index is -0.000000191. The molecule has 0 aliphatic carbocycles. The van der Waals surface area contributed by atoms with Gasteiger partial charge >= 0.3 is 0 Å². The molecule has 0 aliphatic heterocycles. The molecule has 0 heterocycles. The summed E-state index contributed by atoms with van der Waals surface area (Å²) in [7, 11) is -5.57. The molecule has 0 aromatic rings. The molecule has 0 radical (unpaired) electrons. The summed E-state index contributed by atoms with van der Waals surface area (Å²) in [5.41, 5.74) is 0. The molecule has 36 heavy (non-hydrogen) atoms. The predicted molar refractivity (Wildman–Crippen MR) is 192 cm³/mol. The fourth-order valence-electron chi connectivity index (χ4n) is 3.17. The van der Waals surface area contributed by atoms with Gasteiger partial charge in [-0.3, -0.25) is 0 Å². The molecular formula is C24H72O4Si8. The van der Waals surface area contributed by atoms with Gasteiger partial charge < -0.3 is 16.5 Å². The summed E-state index contributed by atoms with van der Waals surface area (Å²) in [6.45, 7) is 36.1. The van der Waals surface area contributed by atoms with E-state index in [1.54, 1.807) is 0 Å². The summed E-state index contributed by atoms with van der Waals surface area (Å²) in [5.74, 6) is 0. The van der Waals surface area contributed by atoms with Crippen LogP contribution in [0, 0.1) is 0 Å². The molecule has 0 aromatic carbocycles. The molecule has 0 fully saturated rings. The largest absolute Gasteiger partial charge is 0.461 e. The van der Waals surface area contributed by atoms with Crippen LogP contribution in [0.4, 0.5) is 0 Å². The first kappa shape index (κ1) is 44.6. The Morgan fingerprint density at radius 2 is 0.583 bits per heavy atom. The fraction of sp³-hybridized carbons (Fsp3) is 1.00. The topological polar surface area (TPSA) is 36.9 Å². The van der Waals surface area contributed by atoms with E-state index in [0.29, 0.717) is 0 Å². The second-order valence-electron chi connectivity index (χ2n) is 11.1. The maximum atomic E-state index is 5.83. The highest BCUT2D eigenvalue weighted by Gasteiger charge is 2.06. The molecular weight excluding hydrogens is 577 g/mol. The zero-order chi connectivity index (χ0) is 29.1. The standard InChI is InChI=1S/2C7H20OSi2.2C5H16OSi2/c2*1-5-6-7-10(4)8-9(2)3;2*1-5-8(4)6-7(2)3/h2*9-10H,5-7H2,1-4H3;2*7-8H,5H2,1-4H3. The summed E-state index contributed by atoms with van der Waals surface area (Å²) < 4.78 is 23.0. The van der Waals surface area contributed by atoms with E-state index in [1.807, 2.05) is 0 Å². The zero-order valence-corrected chi connectivity index (χ0v) is 37.1. The van der Waals surface area contributed by atoms with Crippen molar-refractivity contribution >= 4 is 72.3 Å². The van der Waals surface area contributed by atoms with Crippen molar-refractivity contribution in [1.82, 2.24) is 0 Å². The van der Waals surface area contributed by atoms with Gasteiger partial charge in [-0.15, -0.1) is 0 Å². The van der Waals surface area contributed by atoms with E-state index in [2.05, 4.69) is 106 Å². The molecule has 0 spiro atoms. The summed E-state index contributed by atoms with van der Waals surface area (Å²) in [4.78, 5) is 0. The number of unbranched alkanes of at least 4 members (excludes halogenated alkanes) is 2. The van der Waals surface area contributed by atoms with Gasteiger partial charge in [0.05, 0.1) is 0 Å². The Hall–Kier alpha value is 1.58. The highest BCUT2D eigenvalue weighted by atomic mass is 28.4. The lowest BCUT2D eigenvalue weighted by molar-refractivity contribution is 0.591. The molecule has 0 N–H and O–H groups in total. The van der Waals surface area contributed by atoms with Crippen molar-refractivity contribution in [2.75, 3.05) is 0 Å². The average molecular weight is 650 g/mol. The SMILES string of the molecule is CCCC[SiH](C)O[SiH](C)C.CCCC[SiH](C)O[SiH](C)C.CC[SiH](C)O[SiH](C)C.CC[SiH](C)O[SiH](C)C. The van der Waals surface area contributed by atoms with Crippen molar-refractivity contribution in [3.8, 4) is 0 Å². The van der Waals surface area contributed by atoms with E-state index in [4.69, 9.17) is 16.5 Å². The van der Waals surface area contributed by atoms with Crippen molar-refractivity contribution in [2.24, 2.45) is 0 Å². The molecule has 224 valence electrons. The molecule has 0 saturated heterocycles. The van der Waals surface area contributed by atoms with Gasteiger partial charge in [0.15, 0.2) is 72.3 Å². The fourth-order valence-corrected chi connectivity index (χ4v) is 22.6. The molecule has 0 aliphatic rings. The highest BCUT2D eigenvalue weighted by molar-refractivity contribution is 6.65. The maximum Gasteiger partial charge on any atom is 0.159 e. The Labute approximate surface area is 243 Å². The van der Waals surface area contributed by atoms with Crippen molar-refractivity contribution in [3.05, 3.63) is 0 Å². The summed E-state index contributed by atoms with van der Waals surface area (Å²) in [5, 5.41) is 0. The predicted octanol–water partition coefficient (Wildman–Crippen LogP) is 7.00. The van der Waals surface area contributed by atoms with Crippen LogP contribution >= 0.6 is 0 Å². The van der Waals surface area contributed by atoms with E-state index in [-0.39, 0.29) is 0 Å². The van der Waals surface area contributed by atoms with Crippen LogP contribution in [-0.4, -0.2) is 72.3 Å². The van der Waals surface area contributed by atoms with Gasteiger partial charge in [0.25, 0.3) is 0 Å². The molecule has 4 unspecified atom stereocenters. The molecule has 0 amide bonds. The van der Waals surface area contributed by atoms with Crippen LogP contribution in [0.2, 0.25) is 103 Å². The minimum absolute atomic E-state index is 0.677. The molecule has 0 saturated carbocycles. The van der Waals surface area contributed by atoms with Crippen LogP contribution in [-0.2, 0) is 16.5 Å². The van der Waals surface area contributed by atoms with E-state index in [9.17, 15) is 0 Å². The number of hydrogen-bond acceptors (Lipinski definition) is 4. The second-order valence-corrected chi connectivity index (χ2v) is 33.1. The monoisotopic (exact) mass is 648 g/mol. The lowest BCUT2D eigenvalue weighted by Crippen LogP contribution is -2.21. The first-order valence-electron chi connectivity index (χ1n) is 15.3. The quantitative estimate of drug-likeness (QED) is 0.169. The third-order valence-electron chi connectivity index (χ3n) is 5.10. The highest BCUT2D eigenvalue weighted by Crippen LogP contribution is 2.04. The van der Waals surface area contributed by atoms with Gasteiger partial charge in [-0.2, -0.15) is 0 Å². The first-order chi connectivity index (χ1) is 16.7. The van der Waals surface area contributed by atoms with Crippen LogP contribution in [0.25, 0.3) is 0 Å². The van der Waals surface area contributed by atoms with Gasteiger partial charge in [0, 0.05) is 0 Å². The Morgan fingerprint density at radius 1 is 0.361 bits per heavy atom. The van der Waals surface area contributed by atoms with E-state index in [1.165, 1.54) is 49.9 Å². The second kappa shape index (κ2) is 32.8. The zero-order valence-electron chi connectivity index (χ0n) is 27.9. The maximum absolute atomic E-state index is 5.83. The molecule has 12 heteroatoms. The smallest absolute Gasteiger partial charge is 0.159 e. The van der Waals surface area contributed by atoms with Crippen LogP contribution in [0.3, 0.4) is 0 Å². The summed E-state index contributed by atoms with van der Waals surface area (Å²) >= 11 is 0. The number of hydrogen-bond donors (Lipinski definition) is 0. The molecule has 0 bridgehead atoms. The van der Waals surface area contributed by atoms with Crippen LogP contribution in [0.1, 0.15) is 53.4 Å². The van der Waals surface area contributed by atoms with Gasteiger partial charge in [-0.1, -0.05) is 53.4 Å². The number of rotatable bonds is 16. The van der Waals surface area contributed by atoms with Gasteiger partial charge in [0.1, 0.15) is 0 Å². The molecule has 0 rings (SSSR count). The minimum atomic E-state index is -0.716. The van der Waals surface area contributed by atoms with Crippen molar-refractivity contribution in [1.29, 1.82) is 0 Å². The first-order valence-corrected chi connectivity index (χ1v) is 36.2. The summed E-state index contributed by atoms with van der Waals surface area (Å²) in [6, 6.07) is 5.32.